The highest BCUT2D eigenvalue weighted by Crippen LogP contribution is 1.74. The fraction of sp³-hybridized carbons (Fsp3) is 0.200. The van der Waals surface area contributed by atoms with Crippen LogP contribution in [0.2, 0.25) is 0 Å². The summed E-state index contributed by atoms with van der Waals surface area (Å²) < 4.78 is 0. The van der Waals surface area contributed by atoms with Crippen LogP contribution < -0.4 is 0 Å². The molecule has 0 aliphatic heterocycles. The maximum absolute atomic E-state index is 9.75. The summed E-state index contributed by atoms with van der Waals surface area (Å²) in [6.07, 6.45) is 8.54. The highest BCUT2D eigenvalue weighted by Gasteiger charge is 1.78. The van der Waals surface area contributed by atoms with Gasteiger partial charge in [0.05, 0.1) is 0 Å². The Balaban J connectivity index is 0. The normalized spacial score (nSPS) is 10.4. The van der Waals surface area contributed by atoms with Crippen molar-refractivity contribution in [2.24, 2.45) is 0 Å². The van der Waals surface area contributed by atoms with Crippen LogP contribution in [0.1, 0.15) is 13.8 Å². The average molecular weight is 198 g/mol. The second-order valence-electron chi connectivity index (χ2n) is 2.06. The molecular weight excluding hydrogens is 184 g/mol. The van der Waals surface area contributed by atoms with Crippen LogP contribution in [0.3, 0.4) is 0 Å². The highest BCUT2D eigenvalue weighted by atomic mass is 16.4. The average Bonchev–Trinajstić information content (AvgIpc) is 2.05. The van der Waals surface area contributed by atoms with Crippen LogP contribution in [0.15, 0.2) is 36.5 Å². The Kier molecular flexibility index (Phi) is 11.7. The molecule has 14 heavy (non-hydrogen) atoms. The molecule has 0 bridgehead atoms. The molecule has 4 nitrogen and oxygen atoms in total. The zero-order valence-electron chi connectivity index (χ0n) is 8.18. The predicted octanol–water partition coefficient (Wildman–Crippen LogP) is 1.85. The van der Waals surface area contributed by atoms with Gasteiger partial charge in [-0.1, -0.05) is 24.3 Å². The van der Waals surface area contributed by atoms with Crippen LogP contribution in [0.25, 0.3) is 0 Å². The maximum atomic E-state index is 9.75. The summed E-state index contributed by atoms with van der Waals surface area (Å²) in [6.45, 7) is 3.49. The van der Waals surface area contributed by atoms with Crippen molar-refractivity contribution in [3.05, 3.63) is 36.5 Å². The molecule has 0 unspecified atom stereocenters. The molecule has 0 aromatic heterocycles. The summed E-state index contributed by atoms with van der Waals surface area (Å²) in [4.78, 5) is 19.3. The van der Waals surface area contributed by atoms with Crippen LogP contribution in [-0.2, 0) is 9.59 Å². The van der Waals surface area contributed by atoms with Crippen LogP contribution in [0, 0.1) is 0 Å². The molecule has 0 saturated carbocycles. The third-order valence-corrected chi connectivity index (χ3v) is 0.852. The standard InChI is InChI=1S/C6H8O2.C4H6O2/c1-2-3-4-5-6(7)8;1-2-3-4(5)6/h2-5H,1H3,(H,7,8);2-3H,1H3,(H,5,6). The Hall–Kier alpha value is -1.84. The van der Waals surface area contributed by atoms with E-state index in [4.69, 9.17) is 10.2 Å². The van der Waals surface area contributed by atoms with Gasteiger partial charge in [0.15, 0.2) is 0 Å². The van der Waals surface area contributed by atoms with E-state index in [1.54, 1.807) is 19.1 Å². The molecule has 0 aromatic rings. The van der Waals surface area contributed by atoms with Gasteiger partial charge in [0.25, 0.3) is 0 Å². The van der Waals surface area contributed by atoms with E-state index in [9.17, 15) is 9.59 Å². The van der Waals surface area contributed by atoms with E-state index in [0.29, 0.717) is 0 Å². The number of carbonyl (C=O) groups is 2. The van der Waals surface area contributed by atoms with E-state index in [-0.39, 0.29) is 0 Å². The zero-order valence-corrected chi connectivity index (χ0v) is 8.18. The van der Waals surface area contributed by atoms with Crippen molar-refractivity contribution in [3.63, 3.8) is 0 Å². The number of allylic oxidation sites excluding steroid dienone is 4. The number of carboxylic acids is 2. The lowest BCUT2D eigenvalue weighted by Gasteiger charge is -1.72. The first kappa shape index (κ1) is 14.7. The molecular formula is C10H14O4. The van der Waals surface area contributed by atoms with Gasteiger partial charge >= 0.3 is 11.9 Å². The van der Waals surface area contributed by atoms with Crippen molar-refractivity contribution < 1.29 is 19.8 Å². The fourth-order valence-electron chi connectivity index (χ4n) is 0.392. The Morgan fingerprint density at radius 3 is 1.57 bits per heavy atom. The molecule has 0 radical (unpaired) electrons. The Bertz CT molecular complexity index is 249. The smallest absolute Gasteiger partial charge is 0.328 e. The van der Waals surface area contributed by atoms with E-state index >= 15 is 0 Å². The quantitative estimate of drug-likeness (QED) is 0.536. The molecule has 0 heterocycles. The summed E-state index contributed by atoms with van der Waals surface area (Å²) in [5.74, 6) is -1.80. The van der Waals surface area contributed by atoms with Gasteiger partial charge in [0.2, 0.25) is 0 Å². The van der Waals surface area contributed by atoms with Gasteiger partial charge in [-0.15, -0.1) is 0 Å². The topological polar surface area (TPSA) is 74.6 Å². The molecule has 0 rings (SSSR count). The van der Waals surface area contributed by atoms with Gasteiger partial charge in [-0.25, -0.2) is 9.59 Å². The minimum Gasteiger partial charge on any atom is -0.478 e. The number of hydrogen-bond acceptors (Lipinski definition) is 2. The summed E-state index contributed by atoms with van der Waals surface area (Å²) in [7, 11) is 0. The van der Waals surface area contributed by atoms with Crippen molar-refractivity contribution in [2.75, 3.05) is 0 Å². The van der Waals surface area contributed by atoms with Crippen molar-refractivity contribution in [1.29, 1.82) is 0 Å². The van der Waals surface area contributed by atoms with Gasteiger partial charge in [-0.2, -0.15) is 0 Å². The number of hydrogen-bond donors (Lipinski definition) is 2. The molecule has 2 N–H and O–H groups in total. The SMILES string of the molecule is CC=CC(=O)O.CC=CC=CC(=O)O. The zero-order chi connectivity index (χ0) is 11.4. The Morgan fingerprint density at radius 1 is 0.857 bits per heavy atom. The van der Waals surface area contributed by atoms with Gasteiger partial charge in [-0.05, 0) is 13.8 Å². The molecule has 0 aromatic carbocycles. The van der Waals surface area contributed by atoms with Gasteiger partial charge in [0, 0.05) is 12.2 Å². The molecule has 0 spiro atoms. The minimum atomic E-state index is -0.914. The molecule has 0 atom stereocenters. The van der Waals surface area contributed by atoms with Crippen molar-refractivity contribution in [1.82, 2.24) is 0 Å². The lowest BCUT2D eigenvalue weighted by molar-refractivity contribution is -0.132. The van der Waals surface area contributed by atoms with Crippen molar-refractivity contribution in [3.8, 4) is 0 Å². The van der Waals surface area contributed by atoms with Gasteiger partial charge in [-0.3, -0.25) is 0 Å². The Morgan fingerprint density at radius 2 is 1.36 bits per heavy atom. The summed E-state index contributed by atoms with van der Waals surface area (Å²) in [5, 5.41) is 15.8. The molecule has 0 fully saturated rings. The van der Waals surface area contributed by atoms with Crippen LogP contribution >= 0.6 is 0 Å². The molecule has 4 heteroatoms. The molecule has 0 aliphatic carbocycles. The number of aliphatic carboxylic acids is 2. The summed E-state index contributed by atoms with van der Waals surface area (Å²) in [6, 6.07) is 0. The van der Waals surface area contributed by atoms with Crippen molar-refractivity contribution in [2.45, 2.75) is 13.8 Å². The molecule has 0 amide bonds. The van der Waals surface area contributed by atoms with Gasteiger partial charge < -0.3 is 10.2 Å². The molecule has 0 saturated heterocycles. The highest BCUT2D eigenvalue weighted by molar-refractivity contribution is 5.80. The van der Waals surface area contributed by atoms with E-state index in [1.165, 1.54) is 12.2 Å². The van der Waals surface area contributed by atoms with Crippen LogP contribution in [0.4, 0.5) is 0 Å². The maximum Gasteiger partial charge on any atom is 0.328 e. The Labute approximate surface area is 82.9 Å². The molecule has 0 aliphatic rings. The lowest BCUT2D eigenvalue weighted by Crippen LogP contribution is -1.83. The van der Waals surface area contributed by atoms with E-state index in [1.807, 2.05) is 6.92 Å². The minimum absolute atomic E-state index is 0.891. The number of rotatable bonds is 3. The van der Waals surface area contributed by atoms with Crippen LogP contribution in [-0.4, -0.2) is 22.2 Å². The number of carboxylic acid groups (broad SMARTS) is 2. The van der Waals surface area contributed by atoms with Gasteiger partial charge in [0.1, 0.15) is 0 Å². The van der Waals surface area contributed by atoms with E-state index in [2.05, 4.69) is 0 Å². The largest absolute Gasteiger partial charge is 0.478 e. The first-order chi connectivity index (χ1) is 6.54. The van der Waals surface area contributed by atoms with E-state index < -0.39 is 11.9 Å². The summed E-state index contributed by atoms with van der Waals surface area (Å²) >= 11 is 0. The third kappa shape index (κ3) is 22.5. The second kappa shape index (κ2) is 11.2. The predicted molar refractivity (Wildman–Crippen MR) is 54.0 cm³/mol. The molecule has 78 valence electrons. The third-order valence-electron chi connectivity index (χ3n) is 0.852. The van der Waals surface area contributed by atoms with Crippen molar-refractivity contribution >= 4 is 11.9 Å². The monoisotopic (exact) mass is 198 g/mol. The van der Waals surface area contributed by atoms with E-state index in [0.717, 1.165) is 12.2 Å². The summed E-state index contributed by atoms with van der Waals surface area (Å²) in [5.41, 5.74) is 0. The second-order valence-corrected chi connectivity index (χ2v) is 2.06. The first-order valence-corrected chi connectivity index (χ1v) is 3.92. The van der Waals surface area contributed by atoms with Crippen LogP contribution in [0.5, 0.6) is 0 Å². The lowest BCUT2D eigenvalue weighted by atomic mass is 10.4. The fourth-order valence-corrected chi connectivity index (χ4v) is 0.392. The first-order valence-electron chi connectivity index (χ1n) is 3.92.